The van der Waals surface area contributed by atoms with Crippen molar-refractivity contribution in [2.24, 2.45) is 5.10 Å². The zero-order valence-electron chi connectivity index (χ0n) is 12.6. The molecular formula is C17H11Cl3N4O. The van der Waals surface area contributed by atoms with Crippen molar-refractivity contribution in [1.29, 1.82) is 0 Å². The molecule has 1 aromatic heterocycles. The van der Waals surface area contributed by atoms with E-state index >= 15 is 0 Å². The van der Waals surface area contributed by atoms with Crippen LogP contribution in [0.5, 0.6) is 0 Å². The average Bonchev–Trinajstić information content (AvgIpc) is 3.06. The number of amides is 1. The van der Waals surface area contributed by atoms with Crippen LogP contribution in [0.4, 0.5) is 0 Å². The Morgan fingerprint density at radius 1 is 1.08 bits per heavy atom. The number of carbonyl (C=O) groups excluding carboxylic acids is 1. The molecule has 5 nitrogen and oxygen atoms in total. The summed E-state index contributed by atoms with van der Waals surface area (Å²) in [6, 6.07) is 13.8. The van der Waals surface area contributed by atoms with E-state index in [9.17, 15) is 4.79 Å². The Morgan fingerprint density at radius 2 is 1.88 bits per heavy atom. The van der Waals surface area contributed by atoms with Crippen LogP contribution in [-0.4, -0.2) is 22.3 Å². The molecule has 3 rings (SSSR count). The highest BCUT2D eigenvalue weighted by Gasteiger charge is 2.12. The highest BCUT2D eigenvalue weighted by atomic mass is 35.5. The molecule has 0 spiro atoms. The molecule has 0 atom stereocenters. The van der Waals surface area contributed by atoms with E-state index in [1.807, 2.05) is 12.1 Å². The lowest BCUT2D eigenvalue weighted by Gasteiger charge is -2.00. The Labute approximate surface area is 158 Å². The molecule has 25 heavy (non-hydrogen) atoms. The Balaban J connectivity index is 1.72. The minimum absolute atomic E-state index is 0.248. The van der Waals surface area contributed by atoms with Gasteiger partial charge in [0, 0.05) is 21.2 Å². The van der Waals surface area contributed by atoms with Crippen LogP contribution < -0.4 is 5.43 Å². The lowest BCUT2D eigenvalue weighted by Crippen LogP contribution is -2.18. The van der Waals surface area contributed by atoms with Crippen LogP contribution in [0.25, 0.3) is 11.3 Å². The van der Waals surface area contributed by atoms with E-state index in [4.69, 9.17) is 34.8 Å². The number of aromatic amines is 1. The van der Waals surface area contributed by atoms with Gasteiger partial charge in [-0.25, -0.2) is 5.43 Å². The number of hydrogen-bond donors (Lipinski definition) is 2. The number of nitrogens with one attached hydrogen (secondary N) is 2. The highest BCUT2D eigenvalue weighted by Crippen LogP contribution is 2.29. The van der Waals surface area contributed by atoms with Crippen molar-refractivity contribution >= 4 is 46.9 Å². The van der Waals surface area contributed by atoms with Gasteiger partial charge in [0.2, 0.25) is 0 Å². The SMILES string of the molecule is O=C(N/N=C/c1ccccc1Cl)c1cc(-c2ccc(Cl)cc2Cl)n[nH]1. The summed E-state index contributed by atoms with van der Waals surface area (Å²) < 4.78 is 0. The molecule has 1 heterocycles. The van der Waals surface area contributed by atoms with Crippen LogP contribution in [0.3, 0.4) is 0 Å². The zero-order chi connectivity index (χ0) is 17.8. The van der Waals surface area contributed by atoms with Crippen molar-refractivity contribution < 1.29 is 4.79 Å². The zero-order valence-corrected chi connectivity index (χ0v) is 14.9. The maximum absolute atomic E-state index is 12.1. The molecule has 3 aromatic rings. The van der Waals surface area contributed by atoms with Gasteiger partial charge in [0.15, 0.2) is 0 Å². The quantitative estimate of drug-likeness (QED) is 0.494. The average molecular weight is 394 g/mol. The van der Waals surface area contributed by atoms with Crippen LogP contribution in [0, 0.1) is 0 Å². The molecule has 0 bridgehead atoms. The van der Waals surface area contributed by atoms with E-state index in [0.717, 1.165) is 0 Å². The Morgan fingerprint density at radius 3 is 2.64 bits per heavy atom. The van der Waals surface area contributed by atoms with Gasteiger partial charge in [-0.1, -0.05) is 53.0 Å². The number of hydrazone groups is 1. The maximum Gasteiger partial charge on any atom is 0.289 e. The first kappa shape index (κ1) is 17.5. The van der Waals surface area contributed by atoms with Crippen LogP contribution in [0.2, 0.25) is 15.1 Å². The van der Waals surface area contributed by atoms with Crippen LogP contribution in [-0.2, 0) is 0 Å². The number of aromatic nitrogens is 2. The van der Waals surface area contributed by atoms with Crippen LogP contribution in [0.1, 0.15) is 16.1 Å². The number of H-pyrrole nitrogens is 1. The summed E-state index contributed by atoms with van der Waals surface area (Å²) in [5.41, 5.74) is 4.55. The van der Waals surface area contributed by atoms with Gasteiger partial charge in [-0.3, -0.25) is 9.89 Å². The molecule has 0 saturated carbocycles. The topological polar surface area (TPSA) is 70.1 Å². The third-order valence-electron chi connectivity index (χ3n) is 3.30. The number of hydrogen-bond acceptors (Lipinski definition) is 3. The largest absolute Gasteiger partial charge is 0.289 e. The van der Waals surface area contributed by atoms with E-state index in [2.05, 4.69) is 20.7 Å². The van der Waals surface area contributed by atoms with E-state index in [1.165, 1.54) is 6.21 Å². The predicted molar refractivity (Wildman–Crippen MR) is 101 cm³/mol. The van der Waals surface area contributed by atoms with Crippen molar-refractivity contribution in [3.8, 4) is 11.3 Å². The minimum atomic E-state index is -0.438. The monoisotopic (exact) mass is 392 g/mol. The van der Waals surface area contributed by atoms with Crippen molar-refractivity contribution in [2.75, 3.05) is 0 Å². The number of halogens is 3. The smallest absolute Gasteiger partial charge is 0.272 e. The van der Waals surface area contributed by atoms with E-state index in [-0.39, 0.29) is 5.69 Å². The summed E-state index contributed by atoms with van der Waals surface area (Å²) in [4.78, 5) is 12.1. The summed E-state index contributed by atoms with van der Waals surface area (Å²) >= 11 is 18.0. The van der Waals surface area contributed by atoms with Gasteiger partial charge in [-0.15, -0.1) is 0 Å². The van der Waals surface area contributed by atoms with Crippen molar-refractivity contribution in [1.82, 2.24) is 15.6 Å². The van der Waals surface area contributed by atoms with Gasteiger partial charge in [0.1, 0.15) is 5.69 Å². The third-order valence-corrected chi connectivity index (χ3v) is 4.20. The molecule has 0 unspecified atom stereocenters. The predicted octanol–water partition coefficient (Wildman–Crippen LogP) is 4.80. The fourth-order valence-corrected chi connectivity index (χ4v) is 2.76. The second-order valence-corrected chi connectivity index (χ2v) is 6.26. The molecule has 2 aromatic carbocycles. The number of benzene rings is 2. The molecule has 126 valence electrons. The number of rotatable bonds is 4. The van der Waals surface area contributed by atoms with Crippen molar-refractivity contribution in [2.45, 2.75) is 0 Å². The lowest BCUT2D eigenvalue weighted by molar-refractivity contribution is 0.0950. The van der Waals surface area contributed by atoms with E-state index < -0.39 is 5.91 Å². The van der Waals surface area contributed by atoms with Gasteiger partial charge < -0.3 is 0 Å². The standard InChI is InChI=1S/C17H11Cl3N4O/c18-11-5-6-12(14(20)7-11)15-8-16(23-22-15)17(25)24-21-9-10-3-1-2-4-13(10)19/h1-9H,(H,22,23)(H,24,25)/b21-9+. The molecule has 1 amide bonds. The summed E-state index contributed by atoms with van der Waals surface area (Å²) in [6.07, 6.45) is 1.47. The summed E-state index contributed by atoms with van der Waals surface area (Å²) in [5, 5.41) is 12.1. The Kier molecular flexibility index (Phi) is 5.38. The van der Waals surface area contributed by atoms with Gasteiger partial charge in [0.25, 0.3) is 5.91 Å². The van der Waals surface area contributed by atoms with Crippen molar-refractivity contribution in [3.63, 3.8) is 0 Å². The van der Waals surface area contributed by atoms with Gasteiger partial charge in [0.05, 0.1) is 16.9 Å². The summed E-state index contributed by atoms with van der Waals surface area (Å²) in [5.74, 6) is -0.438. The third kappa shape index (κ3) is 4.20. The molecule has 0 aliphatic carbocycles. The molecule has 0 aliphatic heterocycles. The Bertz CT molecular complexity index is 953. The van der Waals surface area contributed by atoms with E-state index in [0.29, 0.717) is 31.9 Å². The summed E-state index contributed by atoms with van der Waals surface area (Å²) in [7, 11) is 0. The summed E-state index contributed by atoms with van der Waals surface area (Å²) in [6.45, 7) is 0. The first-order chi connectivity index (χ1) is 12.0. The van der Waals surface area contributed by atoms with Crippen LogP contribution in [0.15, 0.2) is 53.6 Å². The normalized spacial score (nSPS) is 11.0. The second kappa shape index (κ2) is 7.70. The molecule has 0 aliphatic rings. The molecule has 2 N–H and O–H groups in total. The van der Waals surface area contributed by atoms with Gasteiger partial charge >= 0.3 is 0 Å². The first-order valence-electron chi connectivity index (χ1n) is 7.13. The maximum atomic E-state index is 12.1. The Hall–Kier alpha value is -2.34. The second-order valence-electron chi connectivity index (χ2n) is 5.01. The molecule has 0 saturated heterocycles. The number of carbonyl (C=O) groups is 1. The minimum Gasteiger partial charge on any atom is -0.272 e. The van der Waals surface area contributed by atoms with Crippen molar-refractivity contribution in [3.05, 3.63) is 74.9 Å². The lowest BCUT2D eigenvalue weighted by atomic mass is 10.1. The molecule has 0 fully saturated rings. The van der Waals surface area contributed by atoms with Crippen LogP contribution >= 0.6 is 34.8 Å². The highest BCUT2D eigenvalue weighted by molar-refractivity contribution is 6.36. The van der Waals surface area contributed by atoms with Gasteiger partial charge in [-0.2, -0.15) is 10.2 Å². The first-order valence-corrected chi connectivity index (χ1v) is 8.27. The number of nitrogens with zero attached hydrogens (tertiary/aromatic N) is 2. The van der Waals surface area contributed by atoms with Gasteiger partial charge in [-0.05, 0) is 30.3 Å². The fourth-order valence-electron chi connectivity index (χ4n) is 2.07. The molecule has 0 radical (unpaired) electrons. The fraction of sp³-hybridized carbons (Fsp3) is 0. The van der Waals surface area contributed by atoms with E-state index in [1.54, 1.807) is 36.4 Å². The molecule has 8 heteroatoms. The molecular weight excluding hydrogens is 383 g/mol.